The molecule has 0 fully saturated rings. The fourth-order valence-corrected chi connectivity index (χ4v) is 3.71. The van der Waals surface area contributed by atoms with Gasteiger partial charge in [-0.05, 0) is 61.4 Å². The second-order valence-corrected chi connectivity index (χ2v) is 8.90. The Bertz CT molecular complexity index is 984. The maximum atomic E-state index is 12.2. The lowest BCUT2D eigenvalue weighted by Crippen LogP contribution is -2.34. The molecular weight excluding hydrogens is 388 g/mol. The molecule has 0 bridgehead atoms. The molecule has 0 saturated heterocycles. The molecule has 5 heteroatoms. The number of unbranched alkanes of at least 4 members (excludes halogenated alkanes) is 4. The van der Waals surface area contributed by atoms with E-state index in [9.17, 15) is 4.79 Å². The van der Waals surface area contributed by atoms with Crippen molar-refractivity contribution in [1.82, 2.24) is 9.05 Å². The van der Waals surface area contributed by atoms with Crippen LogP contribution in [-0.2, 0) is 11.3 Å². The highest BCUT2D eigenvalue weighted by atomic mass is 16.5. The van der Waals surface area contributed by atoms with Gasteiger partial charge in [-0.2, -0.15) is 0 Å². The van der Waals surface area contributed by atoms with E-state index in [4.69, 9.17) is 9.47 Å². The summed E-state index contributed by atoms with van der Waals surface area (Å²) in [6, 6.07) is 16.0. The van der Waals surface area contributed by atoms with Crippen molar-refractivity contribution >= 4 is 22.6 Å². The number of hydrogen-bond donors (Lipinski definition) is 0. The summed E-state index contributed by atoms with van der Waals surface area (Å²) in [4.78, 5) is 12.2. The lowest BCUT2D eigenvalue weighted by molar-refractivity contribution is 0.0497. The van der Waals surface area contributed by atoms with Crippen LogP contribution in [0.1, 0.15) is 42.5 Å². The molecule has 0 aliphatic rings. The van der Waals surface area contributed by atoms with Crippen LogP contribution in [0.2, 0.25) is 0 Å². The van der Waals surface area contributed by atoms with Gasteiger partial charge < -0.3 is 14.0 Å². The van der Waals surface area contributed by atoms with Crippen molar-refractivity contribution in [3.63, 3.8) is 0 Å². The number of fused-ring (bicyclic) bond motifs is 1. The predicted octanol–water partition coefficient (Wildman–Crippen LogP) is 5.65. The standard InChI is InChI=1S/C26H35N2O3/c1-28(2,3)23-12-10-21(11-13-23)26(29)31-19-9-7-5-6-8-17-27-18-16-22-20-24(30-4)14-15-25(22)27/h10-16,18,20H,5-9,17,19H2,1-4H3/q+1. The van der Waals surface area contributed by atoms with Crippen LogP contribution in [0, 0.1) is 0 Å². The molecular formula is C26H35N2O3+. The molecule has 0 spiro atoms. The first-order valence-corrected chi connectivity index (χ1v) is 11.1. The van der Waals surface area contributed by atoms with Gasteiger partial charge in [0, 0.05) is 23.6 Å². The van der Waals surface area contributed by atoms with E-state index in [2.05, 4.69) is 50.1 Å². The zero-order chi connectivity index (χ0) is 22.3. The van der Waals surface area contributed by atoms with E-state index in [-0.39, 0.29) is 5.97 Å². The summed E-state index contributed by atoms with van der Waals surface area (Å²) in [5, 5.41) is 1.22. The number of rotatable bonds is 11. The highest BCUT2D eigenvalue weighted by Crippen LogP contribution is 2.22. The summed E-state index contributed by atoms with van der Waals surface area (Å²) in [6.07, 6.45) is 7.62. The quantitative estimate of drug-likeness (QED) is 0.227. The maximum Gasteiger partial charge on any atom is 0.338 e. The minimum atomic E-state index is -0.232. The molecule has 0 aliphatic heterocycles. The molecule has 0 amide bonds. The van der Waals surface area contributed by atoms with Crippen LogP contribution in [0.25, 0.3) is 10.9 Å². The van der Waals surface area contributed by atoms with Crippen molar-refractivity contribution in [2.45, 2.75) is 38.6 Å². The van der Waals surface area contributed by atoms with Gasteiger partial charge in [0.1, 0.15) is 11.4 Å². The first-order chi connectivity index (χ1) is 14.9. The molecule has 0 aliphatic carbocycles. The van der Waals surface area contributed by atoms with Gasteiger partial charge in [0.25, 0.3) is 0 Å². The van der Waals surface area contributed by atoms with Crippen LogP contribution >= 0.6 is 0 Å². The minimum absolute atomic E-state index is 0.232. The highest BCUT2D eigenvalue weighted by Gasteiger charge is 2.13. The van der Waals surface area contributed by atoms with Crippen molar-refractivity contribution in [2.24, 2.45) is 0 Å². The number of ether oxygens (including phenoxy) is 2. The van der Waals surface area contributed by atoms with Gasteiger partial charge in [-0.25, -0.2) is 4.79 Å². The van der Waals surface area contributed by atoms with Crippen LogP contribution in [0.4, 0.5) is 5.69 Å². The average molecular weight is 424 g/mol. The summed E-state index contributed by atoms with van der Waals surface area (Å²) < 4.78 is 13.8. The van der Waals surface area contributed by atoms with Gasteiger partial charge in [-0.15, -0.1) is 0 Å². The normalized spacial score (nSPS) is 11.6. The maximum absolute atomic E-state index is 12.2. The van der Waals surface area contributed by atoms with Crippen LogP contribution in [0.5, 0.6) is 5.75 Å². The van der Waals surface area contributed by atoms with Crippen molar-refractivity contribution in [3.8, 4) is 5.75 Å². The number of quaternary nitrogens is 1. The molecule has 0 atom stereocenters. The topological polar surface area (TPSA) is 40.5 Å². The van der Waals surface area contributed by atoms with E-state index in [1.54, 1.807) is 7.11 Å². The first kappa shape index (κ1) is 22.9. The molecule has 166 valence electrons. The Hall–Kier alpha value is -2.79. The number of carbonyl (C=O) groups is 1. The fourth-order valence-electron chi connectivity index (χ4n) is 3.71. The lowest BCUT2D eigenvalue weighted by atomic mass is 10.1. The monoisotopic (exact) mass is 423 g/mol. The summed E-state index contributed by atoms with van der Waals surface area (Å²) in [5.74, 6) is 0.663. The van der Waals surface area contributed by atoms with Crippen molar-refractivity contribution < 1.29 is 14.3 Å². The Labute approximate surface area is 185 Å². The van der Waals surface area contributed by atoms with Gasteiger partial charge in [-0.3, -0.25) is 4.48 Å². The number of benzene rings is 2. The number of aromatic nitrogens is 1. The number of nitrogens with zero attached hydrogens (tertiary/aromatic N) is 2. The van der Waals surface area contributed by atoms with Crippen LogP contribution in [-0.4, -0.2) is 45.4 Å². The molecule has 2 aromatic carbocycles. The summed E-state index contributed by atoms with van der Waals surface area (Å²) in [6.45, 7) is 1.51. The molecule has 0 radical (unpaired) electrons. The molecule has 0 saturated carbocycles. The molecule has 5 nitrogen and oxygen atoms in total. The average Bonchev–Trinajstić information content (AvgIpc) is 3.17. The van der Waals surface area contributed by atoms with E-state index in [0.29, 0.717) is 12.2 Å². The predicted molar refractivity (Wildman–Crippen MR) is 128 cm³/mol. The summed E-state index contributed by atoms with van der Waals surface area (Å²) in [7, 11) is 8.01. The van der Waals surface area contributed by atoms with E-state index in [0.717, 1.165) is 48.1 Å². The summed E-state index contributed by atoms with van der Waals surface area (Å²) >= 11 is 0. The number of aryl methyl sites for hydroxylation is 1. The van der Waals surface area contributed by atoms with Gasteiger partial charge in [0.2, 0.25) is 0 Å². The fraction of sp³-hybridized carbons (Fsp3) is 0.423. The van der Waals surface area contributed by atoms with E-state index < -0.39 is 0 Å². The van der Waals surface area contributed by atoms with Gasteiger partial charge in [0.05, 0.1) is 40.4 Å². The molecule has 0 unspecified atom stereocenters. The third-order valence-electron chi connectivity index (χ3n) is 5.63. The third-order valence-corrected chi connectivity index (χ3v) is 5.63. The number of hydrogen-bond acceptors (Lipinski definition) is 3. The van der Waals surface area contributed by atoms with E-state index in [1.807, 2.05) is 30.3 Å². The van der Waals surface area contributed by atoms with Crippen molar-refractivity contribution in [2.75, 3.05) is 34.9 Å². The Morgan fingerprint density at radius 1 is 0.903 bits per heavy atom. The van der Waals surface area contributed by atoms with Gasteiger partial charge in [0.15, 0.2) is 0 Å². The third kappa shape index (κ3) is 6.34. The lowest BCUT2D eigenvalue weighted by Gasteiger charge is -2.23. The molecule has 1 heterocycles. The SMILES string of the molecule is COc1ccc2c(ccn2CCCCCCCOC(=O)c2ccc([N+](C)(C)C)cc2)c1. The summed E-state index contributed by atoms with van der Waals surface area (Å²) in [5.41, 5.74) is 3.03. The van der Waals surface area contributed by atoms with Crippen LogP contribution in [0.3, 0.4) is 0 Å². The molecule has 3 rings (SSSR count). The van der Waals surface area contributed by atoms with Gasteiger partial charge >= 0.3 is 5.97 Å². The molecule has 0 N–H and O–H groups in total. The second kappa shape index (κ2) is 10.5. The largest absolute Gasteiger partial charge is 0.497 e. The molecule has 31 heavy (non-hydrogen) atoms. The zero-order valence-corrected chi connectivity index (χ0v) is 19.3. The van der Waals surface area contributed by atoms with Crippen molar-refractivity contribution in [3.05, 3.63) is 60.3 Å². The Morgan fingerprint density at radius 2 is 1.61 bits per heavy atom. The molecule has 1 aromatic heterocycles. The van der Waals surface area contributed by atoms with Gasteiger partial charge in [-0.1, -0.05) is 19.3 Å². The van der Waals surface area contributed by atoms with E-state index in [1.165, 1.54) is 17.3 Å². The second-order valence-electron chi connectivity index (χ2n) is 8.90. The number of esters is 1. The van der Waals surface area contributed by atoms with Crippen LogP contribution in [0.15, 0.2) is 54.7 Å². The van der Waals surface area contributed by atoms with Crippen LogP contribution < -0.4 is 9.22 Å². The Morgan fingerprint density at radius 3 is 2.32 bits per heavy atom. The Kier molecular flexibility index (Phi) is 7.75. The smallest absolute Gasteiger partial charge is 0.338 e. The number of methoxy groups -OCH3 is 1. The minimum Gasteiger partial charge on any atom is -0.497 e. The Balaban J connectivity index is 1.30. The number of carbonyl (C=O) groups excluding carboxylic acids is 1. The zero-order valence-electron chi connectivity index (χ0n) is 19.3. The molecule has 3 aromatic rings. The first-order valence-electron chi connectivity index (χ1n) is 11.1. The van der Waals surface area contributed by atoms with Crippen molar-refractivity contribution in [1.29, 1.82) is 0 Å². The van der Waals surface area contributed by atoms with E-state index >= 15 is 0 Å². The highest BCUT2D eigenvalue weighted by molar-refractivity contribution is 5.89.